The second-order valence-corrected chi connectivity index (χ2v) is 5.13. The van der Waals surface area contributed by atoms with Crippen molar-refractivity contribution in [2.45, 2.75) is 6.92 Å². The van der Waals surface area contributed by atoms with Gasteiger partial charge in [0.05, 0.1) is 16.6 Å². The van der Waals surface area contributed by atoms with Crippen LogP contribution in [-0.2, 0) is 0 Å². The second-order valence-electron chi connectivity index (χ2n) is 5.13. The quantitative estimate of drug-likeness (QED) is 0.747. The molecular weight excluding hydrogens is 327 g/mol. The smallest absolute Gasteiger partial charge is 0.335 e. The van der Waals surface area contributed by atoms with Crippen molar-refractivity contribution < 1.29 is 23.9 Å². The number of carbonyl (C=O) groups is 3. The van der Waals surface area contributed by atoms with Crippen molar-refractivity contribution in [3.63, 3.8) is 0 Å². The maximum Gasteiger partial charge on any atom is 0.335 e. The number of primary amides is 1. The van der Waals surface area contributed by atoms with Gasteiger partial charge in [-0.1, -0.05) is 18.2 Å². The fourth-order valence-electron chi connectivity index (χ4n) is 2.23. The number of amides is 1. The van der Waals surface area contributed by atoms with E-state index in [2.05, 4.69) is 0 Å². The van der Waals surface area contributed by atoms with Gasteiger partial charge >= 0.3 is 5.97 Å². The first-order chi connectivity index (χ1) is 11.8. The van der Waals surface area contributed by atoms with Crippen molar-refractivity contribution >= 4 is 28.7 Å². The van der Waals surface area contributed by atoms with Crippen LogP contribution >= 0.6 is 0 Å². The summed E-state index contributed by atoms with van der Waals surface area (Å²) in [5, 5.41) is 9.06. The summed E-state index contributed by atoms with van der Waals surface area (Å²) in [6.45, 7) is 1.44. The van der Waals surface area contributed by atoms with Gasteiger partial charge in [-0.25, -0.2) is 9.18 Å². The van der Waals surface area contributed by atoms with E-state index < -0.39 is 17.7 Å². The first kappa shape index (κ1) is 17.9. The van der Waals surface area contributed by atoms with Gasteiger partial charge in [0.1, 0.15) is 5.82 Å². The van der Waals surface area contributed by atoms with Gasteiger partial charge in [0.25, 0.3) is 5.91 Å². The van der Waals surface area contributed by atoms with E-state index >= 15 is 0 Å². The number of benzene rings is 2. The standard InChI is InChI=1S/C11H10N2O2.C7H5FO2/c1-7(14)13-6-9(11(12)15)8-4-2-3-5-10(8)13;8-6-3-1-5(2-4-6)7(9)10/h2-6H,1H3,(H2,12,15);1-4H,(H,9,10). The molecule has 3 rings (SSSR count). The minimum absolute atomic E-state index is 0.0985. The number of carboxylic acids is 1. The zero-order valence-corrected chi connectivity index (χ0v) is 13.3. The Bertz CT molecular complexity index is 897. The second kappa shape index (κ2) is 7.39. The van der Waals surface area contributed by atoms with Crippen LogP contribution in [0.25, 0.3) is 10.9 Å². The Hall–Kier alpha value is -3.48. The molecule has 0 unspecified atom stereocenters. The summed E-state index contributed by atoms with van der Waals surface area (Å²) in [5.41, 5.74) is 6.41. The van der Waals surface area contributed by atoms with Gasteiger partial charge in [-0.2, -0.15) is 0 Å². The molecule has 0 aliphatic heterocycles. The minimum atomic E-state index is -1.04. The summed E-state index contributed by atoms with van der Waals surface area (Å²) >= 11 is 0. The molecule has 0 atom stereocenters. The molecule has 0 aliphatic carbocycles. The Labute approximate surface area is 142 Å². The van der Waals surface area contributed by atoms with Crippen LogP contribution in [0, 0.1) is 5.82 Å². The van der Waals surface area contributed by atoms with Gasteiger partial charge < -0.3 is 10.8 Å². The molecule has 128 valence electrons. The third-order valence-corrected chi connectivity index (χ3v) is 3.41. The molecule has 0 fully saturated rings. The third kappa shape index (κ3) is 4.08. The van der Waals surface area contributed by atoms with E-state index in [4.69, 9.17) is 10.8 Å². The molecule has 0 aliphatic rings. The number of fused-ring (bicyclic) bond motifs is 1. The maximum absolute atomic E-state index is 12.2. The number of aromatic nitrogens is 1. The molecule has 1 aromatic heterocycles. The minimum Gasteiger partial charge on any atom is -0.478 e. The highest BCUT2D eigenvalue weighted by Gasteiger charge is 2.13. The fourth-order valence-corrected chi connectivity index (χ4v) is 2.23. The zero-order chi connectivity index (χ0) is 18.6. The lowest BCUT2D eigenvalue weighted by molar-refractivity contribution is 0.0696. The average molecular weight is 342 g/mol. The molecule has 3 aromatic rings. The van der Waals surface area contributed by atoms with Crippen LogP contribution in [0.1, 0.15) is 32.4 Å². The van der Waals surface area contributed by atoms with Crippen LogP contribution < -0.4 is 5.73 Å². The highest BCUT2D eigenvalue weighted by atomic mass is 19.1. The van der Waals surface area contributed by atoms with Crippen molar-refractivity contribution in [2.24, 2.45) is 5.73 Å². The molecule has 0 saturated carbocycles. The molecule has 7 heteroatoms. The fraction of sp³-hybridized carbons (Fsp3) is 0.0556. The Balaban J connectivity index is 0.000000196. The normalized spacial score (nSPS) is 10.0. The van der Waals surface area contributed by atoms with Crippen LogP contribution in [-0.4, -0.2) is 27.5 Å². The topological polar surface area (TPSA) is 102 Å². The third-order valence-electron chi connectivity index (χ3n) is 3.41. The van der Waals surface area contributed by atoms with E-state index in [0.717, 1.165) is 12.1 Å². The highest BCUT2D eigenvalue weighted by molar-refractivity contribution is 6.08. The van der Waals surface area contributed by atoms with Crippen LogP contribution in [0.3, 0.4) is 0 Å². The van der Waals surface area contributed by atoms with Crippen molar-refractivity contribution in [1.82, 2.24) is 4.57 Å². The van der Waals surface area contributed by atoms with E-state index in [9.17, 15) is 18.8 Å². The van der Waals surface area contributed by atoms with Gasteiger partial charge in [-0.05, 0) is 30.3 Å². The van der Waals surface area contributed by atoms with Gasteiger partial charge in [-0.15, -0.1) is 0 Å². The molecule has 0 spiro atoms. The number of hydrogen-bond donors (Lipinski definition) is 2. The molecule has 6 nitrogen and oxygen atoms in total. The summed E-state index contributed by atoms with van der Waals surface area (Å²) in [6.07, 6.45) is 1.48. The van der Waals surface area contributed by atoms with E-state index in [0.29, 0.717) is 16.5 Å². The Kier molecular flexibility index (Phi) is 5.28. The number of aromatic carboxylic acids is 1. The van der Waals surface area contributed by atoms with Crippen LogP contribution in [0.2, 0.25) is 0 Å². The number of nitrogens with two attached hydrogens (primary N) is 1. The van der Waals surface area contributed by atoms with Gasteiger partial charge in [0, 0.05) is 18.5 Å². The molecule has 1 amide bonds. The van der Waals surface area contributed by atoms with Gasteiger partial charge in [0.15, 0.2) is 0 Å². The molecule has 0 radical (unpaired) electrons. The molecular formula is C18H15FN2O4. The maximum atomic E-state index is 12.2. The Morgan fingerprint density at radius 3 is 2.16 bits per heavy atom. The summed E-state index contributed by atoms with van der Waals surface area (Å²) < 4.78 is 13.6. The largest absolute Gasteiger partial charge is 0.478 e. The Morgan fingerprint density at radius 1 is 1.04 bits per heavy atom. The number of hydrogen-bond acceptors (Lipinski definition) is 3. The predicted molar refractivity (Wildman–Crippen MR) is 90.1 cm³/mol. The van der Waals surface area contributed by atoms with E-state index in [1.54, 1.807) is 18.2 Å². The average Bonchev–Trinajstić information content (AvgIpc) is 2.96. The number of para-hydroxylation sites is 1. The molecule has 3 N–H and O–H groups in total. The number of carbonyl (C=O) groups excluding carboxylic acids is 2. The lowest BCUT2D eigenvalue weighted by Crippen LogP contribution is -2.10. The number of nitrogens with zero attached hydrogens (tertiary/aromatic N) is 1. The molecule has 0 saturated heterocycles. The van der Waals surface area contributed by atoms with Crippen LogP contribution in [0.5, 0.6) is 0 Å². The lowest BCUT2D eigenvalue weighted by Gasteiger charge is -1.96. The van der Waals surface area contributed by atoms with Crippen molar-refractivity contribution in [3.8, 4) is 0 Å². The van der Waals surface area contributed by atoms with Crippen molar-refractivity contribution in [2.75, 3.05) is 0 Å². The Morgan fingerprint density at radius 2 is 1.64 bits per heavy atom. The monoisotopic (exact) mass is 342 g/mol. The predicted octanol–water partition coefficient (Wildman–Crippen LogP) is 2.92. The summed E-state index contributed by atoms with van der Waals surface area (Å²) in [5.74, 6) is -2.13. The summed E-state index contributed by atoms with van der Waals surface area (Å²) in [4.78, 5) is 32.6. The van der Waals surface area contributed by atoms with Gasteiger partial charge in [0.2, 0.25) is 5.91 Å². The van der Waals surface area contributed by atoms with Crippen molar-refractivity contribution in [1.29, 1.82) is 0 Å². The molecule has 2 aromatic carbocycles. The number of rotatable bonds is 2. The molecule has 0 bridgehead atoms. The first-order valence-electron chi connectivity index (χ1n) is 7.21. The van der Waals surface area contributed by atoms with Crippen LogP contribution in [0.15, 0.2) is 54.7 Å². The van der Waals surface area contributed by atoms with Crippen molar-refractivity contribution in [3.05, 3.63) is 71.7 Å². The zero-order valence-electron chi connectivity index (χ0n) is 13.3. The van der Waals surface area contributed by atoms with E-state index in [-0.39, 0.29) is 11.5 Å². The van der Waals surface area contributed by atoms with E-state index in [1.165, 1.54) is 29.8 Å². The number of halogens is 1. The SMILES string of the molecule is CC(=O)n1cc(C(N)=O)c2ccccc21.O=C(O)c1ccc(F)cc1. The number of carboxylic acid groups (broad SMARTS) is 1. The lowest BCUT2D eigenvalue weighted by atomic mass is 10.2. The molecule has 25 heavy (non-hydrogen) atoms. The highest BCUT2D eigenvalue weighted by Crippen LogP contribution is 2.20. The van der Waals surface area contributed by atoms with Crippen LogP contribution in [0.4, 0.5) is 4.39 Å². The molecule has 1 heterocycles. The first-order valence-corrected chi connectivity index (χ1v) is 7.21. The summed E-state index contributed by atoms with van der Waals surface area (Å²) in [6, 6.07) is 11.8. The summed E-state index contributed by atoms with van der Waals surface area (Å²) in [7, 11) is 0. The van der Waals surface area contributed by atoms with E-state index in [1.807, 2.05) is 6.07 Å². The van der Waals surface area contributed by atoms with Gasteiger partial charge in [-0.3, -0.25) is 14.2 Å².